The number of carbonyl (C=O) groups excluding carboxylic acids is 1. The first-order valence-corrected chi connectivity index (χ1v) is 8.91. The van der Waals surface area contributed by atoms with Crippen molar-refractivity contribution in [3.8, 4) is 0 Å². The molecule has 26 heavy (non-hydrogen) atoms. The number of aromatic nitrogens is 4. The second-order valence-electron chi connectivity index (χ2n) is 6.41. The zero-order valence-corrected chi connectivity index (χ0v) is 15.1. The van der Waals surface area contributed by atoms with Crippen LogP contribution in [0.5, 0.6) is 0 Å². The van der Waals surface area contributed by atoms with Crippen molar-refractivity contribution in [2.24, 2.45) is 0 Å². The molecule has 0 bridgehead atoms. The van der Waals surface area contributed by atoms with Gasteiger partial charge in [0.25, 0.3) is 5.56 Å². The Labute approximate surface area is 151 Å². The summed E-state index contributed by atoms with van der Waals surface area (Å²) in [6.45, 7) is 3.80. The van der Waals surface area contributed by atoms with Gasteiger partial charge in [-0.25, -0.2) is 15.0 Å². The maximum atomic E-state index is 12.0. The molecule has 1 N–H and O–H groups in total. The molecule has 0 fully saturated rings. The Morgan fingerprint density at radius 1 is 1.12 bits per heavy atom. The molecule has 2 heterocycles. The highest BCUT2D eigenvalue weighted by molar-refractivity contribution is 5.96. The van der Waals surface area contributed by atoms with Gasteiger partial charge in [0, 0.05) is 12.0 Å². The number of fused-ring (bicyclic) bond motifs is 1. The molecular weight excluding hydrogens is 328 g/mol. The van der Waals surface area contributed by atoms with Crippen molar-refractivity contribution < 1.29 is 4.79 Å². The van der Waals surface area contributed by atoms with E-state index >= 15 is 0 Å². The molecule has 0 aliphatic carbocycles. The van der Waals surface area contributed by atoms with Crippen LogP contribution < -0.4 is 5.56 Å². The Hall–Kier alpha value is -2.89. The number of aryl methyl sites for hydroxylation is 3. The Kier molecular flexibility index (Phi) is 5.51. The number of aromatic amines is 1. The second-order valence-corrected chi connectivity index (χ2v) is 6.41. The van der Waals surface area contributed by atoms with Crippen LogP contribution >= 0.6 is 0 Å². The van der Waals surface area contributed by atoms with Crippen LogP contribution in [0.3, 0.4) is 0 Å². The van der Waals surface area contributed by atoms with E-state index in [4.69, 9.17) is 0 Å². The van der Waals surface area contributed by atoms with Crippen molar-refractivity contribution in [1.82, 2.24) is 19.9 Å². The monoisotopic (exact) mass is 350 g/mol. The summed E-state index contributed by atoms with van der Waals surface area (Å²) in [5.74, 6) is 0.721. The van der Waals surface area contributed by atoms with Crippen LogP contribution in [0.25, 0.3) is 11.2 Å². The van der Waals surface area contributed by atoms with Gasteiger partial charge in [-0.1, -0.05) is 37.6 Å². The normalized spacial score (nSPS) is 11.0. The topological polar surface area (TPSA) is 88.6 Å². The minimum atomic E-state index is -0.267. The zero-order valence-electron chi connectivity index (χ0n) is 15.1. The lowest BCUT2D eigenvalue weighted by molar-refractivity contribution is 0.0980. The van der Waals surface area contributed by atoms with E-state index < -0.39 is 0 Å². The average molecular weight is 350 g/mol. The molecule has 6 heteroatoms. The number of nitrogens with zero attached hydrogens (tertiary/aromatic N) is 3. The van der Waals surface area contributed by atoms with E-state index in [-0.39, 0.29) is 16.9 Å². The molecular formula is C20H22N4O2. The molecule has 134 valence electrons. The first kappa shape index (κ1) is 17.9. The molecule has 0 radical (unpaired) electrons. The van der Waals surface area contributed by atoms with Crippen LogP contribution in [0.1, 0.15) is 53.6 Å². The fraction of sp³-hybridized carbons (Fsp3) is 0.350. The Bertz CT molecular complexity index is 977. The minimum absolute atomic E-state index is 0.195. The third kappa shape index (κ3) is 4.20. The number of carbonyl (C=O) groups is 1. The van der Waals surface area contributed by atoms with E-state index in [0.29, 0.717) is 24.3 Å². The van der Waals surface area contributed by atoms with Crippen LogP contribution in [-0.2, 0) is 12.8 Å². The molecule has 0 saturated carbocycles. The molecule has 3 aromatic rings. The number of benzene rings is 1. The number of nitrogens with one attached hydrogen (secondary N) is 1. The largest absolute Gasteiger partial charge is 0.309 e. The number of Topliss-reactive ketones (excluding diaryl/α,β-unsaturated/α-hetero) is 1. The van der Waals surface area contributed by atoms with Gasteiger partial charge in [0.2, 0.25) is 0 Å². The molecule has 2 aromatic heterocycles. The summed E-state index contributed by atoms with van der Waals surface area (Å²) < 4.78 is 0. The molecule has 3 rings (SSSR count). The van der Waals surface area contributed by atoms with Gasteiger partial charge in [-0.3, -0.25) is 9.59 Å². The molecule has 6 nitrogen and oxygen atoms in total. The van der Waals surface area contributed by atoms with Gasteiger partial charge in [0.15, 0.2) is 16.9 Å². The quantitative estimate of drug-likeness (QED) is 0.661. The van der Waals surface area contributed by atoms with Gasteiger partial charge in [0.05, 0.1) is 11.9 Å². The highest BCUT2D eigenvalue weighted by Gasteiger charge is 2.08. The predicted octanol–water partition coefficient (Wildman–Crippen LogP) is 3.18. The first-order chi connectivity index (χ1) is 12.6. The zero-order chi connectivity index (χ0) is 18.5. The molecule has 0 amide bonds. The minimum Gasteiger partial charge on any atom is -0.309 e. The van der Waals surface area contributed by atoms with E-state index in [2.05, 4.69) is 26.9 Å². The molecule has 0 saturated heterocycles. The van der Waals surface area contributed by atoms with E-state index in [1.807, 2.05) is 24.3 Å². The van der Waals surface area contributed by atoms with Gasteiger partial charge in [-0.2, -0.15) is 0 Å². The fourth-order valence-corrected chi connectivity index (χ4v) is 2.80. The third-order valence-corrected chi connectivity index (χ3v) is 4.29. The SMILES string of the molecule is CCCCC(=O)c1ccc(CCc2cnc3nc(C)[nH]c(=O)c3n2)cc1. The summed E-state index contributed by atoms with van der Waals surface area (Å²) in [6.07, 6.45) is 5.64. The van der Waals surface area contributed by atoms with Crippen LogP contribution in [0, 0.1) is 6.92 Å². The summed E-state index contributed by atoms with van der Waals surface area (Å²) in [5.41, 5.74) is 3.00. The summed E-state index contributed by atoms with van der Waals surface area (Å²) in [4.78, 5) is 39.4. The smallest absolute Gasteiger partial charge is 0.279 e. The number of rotatable bonds is 7. The number of hydrogen-bond acceptors (Lipinski definition) is 5. The van der Waals surface area contributed by atoms with Crippen molar-refractivity contribution in [3.05, 3.63) is 63.5 Å². The van der Waals surface area contributed by atoms with Gasteiger partial charge >= 0.3 is 0 Å². The fourth-order valence-electron chi connectivity index (χ4n) is 2.80. The van der Waals surface area contributed by atoms with Crippen molar-refractivity contribution in [1.29, 1.82) is 0 Å². The summed E-state index contributed by atoms with van der Waals surface area (Å²) in [7, 11) is 0. The highest BCUT2D eigenvalue weighted by atomic mass is 16.1. The lowest BCUT2D eigenvalue weighted by Crippen LogP contribution is -2.13. The van der Waals surface area contributed by atoms with E-state index in [0.717, 1.165) is 36.1 Å². The Balaban J connectivity index is 1.68. The van der Waals surface area contributed by atoms with E-state index in [1.54, 1.807) is 13.1 Å². The lowest BCUT2D eigenvalue weighted by Gasteiger charge is -2.05. The van der Waals surface area contributed by atoms with Crippen molar-refractivity contribution in [2.75, 3.05) is 0 Å². The maximum Gasteiger partial charge on any atom is 0.279 e. The van der Waals surface area contributed by atoms with Crippen LogP contribution in [0.2, 0.25) is 0 Å². The van der Waals surface area contributed by atoms with Crippen molar-refractivity contribution in [2.45, 2.75) is 46.0 Å². The van der Waals surface area contributed by atoms with E-state index in [1.165, 1.54) is 0 Å². The van der Waals surface area contributed by atoms with Gasteiger partial charge in [-0.15, -0.1) is 0 Å². The van der Waals surface area contributed by atoms with Gasteiger partial charge < -0.3 is 4.98 Å². The van der Waals surface area contributed by atoms with Crippen molar-refractivity contribution >= 4 is 16.9 Å². The second kappa shape index (κ2) is 7.99. The van der Waals surface area contributed by atoms with E-state index in [9.17, 15) is 9.59 Å². The number of hydrogen-bond donors (Lipinski definition) is 1. The molecule has 0 aliphatic rings. The Morgan fingerprint density at radius 2 is 1.88 bits per heavy atom. The number of unbranched alkanes of at least 4 members (excludes halogenated alkanes) is 1. The molecule has 0 atom stereocenters. The standard InChI is InChI=1S/C20H22N4O2/c1-3-4-5-17(25)15-9-6-14(7-10-15)8-11-16-12-21-19-18(24-16)20(26)23-13(2)22-19/h6-7,9-10,12H,3-5,8,11H2,1-2H3,(H,21,22,23,26). The highest BCUT2D eigenvalue weighted by Crippen LogP contribution is 2.12. The molecule has 0 spiro atoms. The molecule has 1 aromatic carbocycles. The summed E-state index contributed by atoms with van der Waals surface area (Å²) >= 11 is 0. The predicted molar refractivity (Wildman–Crippen MR) is 100 cm³/mol. The van der Waals surface area contributed by atoms with Gasteiger partial charge in [-0.05, 0) is 31.7 Å². The molecule has 0 unspecified atom stereocenters. The average Bonchev–Trinajstić information content (AvgIpc) is 2.65. The first-order valence-electron chi connectivity index (χ1n) is 8.91. The number of ketones is 1. The maximum absolute atomic E-state index is 12.0. The van der Waals surface area contributed by atoms with Crippen LogP contribution in [0.4, 0.5) is 0 Å². The number of H-pyrrole nitrogens is 1. The molecule has 0 aliphatic heterocycles. The van der Waals surface area contributed by atoms with Gasteiger partial charge in [0.1, 0.15) is 5.82 Å². The Morgan fingerprint density at radius 3 is 2.62 bits per heavy atom. The van der Waals surface area contributed by atoms with Crippen LogP contribution in [0.15, 0.2) is 35.3 Å². The third-order valence-electron chi connectivity index (χ3n) is 4.29. The summed E-state index contributed by atoms with van der Waals surface area (Å²) in [5, 5.41) is 0. The summed E-state index contributed by atoms with van der Waals surface area (Å²) in [6, 6.07) is 7.73. The van der Waals surface area contributed by atoms with Crippen LogP contribution in [-0.4, -0.2) is 25.7 Å². The lowest BCUT2D eigenvalue weighted by atomic mass is 10.0. The van der Waals surface area contributed by atoms with Crippen molar-refractivity contribution in [3.63, 3.8) is 0 Å².